The van der Waals surface area contributed by atoms with E-state index in [-0.39, 0.29) is 4.90 Å². The third-order valence-electron chi connectivity index (χ3n) is 3.44. The van der Waals surface area contributed by atoms with Crippen molar-refractivity contribution in [1.82, 2.24) is 19.5 Å². The molecule has 0 unspecified atom stereocenters. The van der Waals surface area contributed by atoms with E-state index in [9.17, 15) is 13.2 Å². The second-order valence-electron chi connectivity index (χ2n) is 5.03. The van der Waals surface area contributed by atoms with E-state index in [1.807, 2.05) is 13.0 Å². The van der Waals surface area contributed by atoms with Gasteiger partial charge in [-0.2, -0.15) is 13.2 Å². The van der Waals surface area contributed by atoms with Crippen molar-refractivity contribution in [1.29, 1.82) is 0 Å². The fourth-order valence-electron chi connectivity index (χ4n) is 2.29. The molecule has 4 nitrogen and oxygen atoms in total. The number of pyridine rings is 2. The molecule has 0 N–H and O–H groups in total. The van der Waals surface area contributed by atoms with Gasteiger partial charge in [0.1, 0.15) is 5.69 Å². The number of aromatic nitrogens is 4. The molecule has 126 valence electrons. The maximum atomic E-state index is 12.8. The first-order valence-electron chi connectivity index (χ1n) is 7.03. The van der Waals surface area contributed by atoms with E-state index < -0.39 is 11.7 Å². The van der Waals surface area contributed by atoms with E-state index in [4.69, 9.17) is 0 Å². The third-order valence-corrected chi connectivity index (χ3v) is 4.59. The standard InChI is InChI=1S/C15H13F3N4S2/c1-3-24-12-5-9-10(7-19-12)22(2)14(21-9)13-11(23)4-8(6-20-13)15(16,17)18/h4-7,23H,3H2,1-2H3. The van der Waals surface area contributed by atoms with Crippen molar-refractivity contribution in [3.05, 3.63) is 30.1 Å². The van der Waals surface area contributed by atoms with Crippen LogP contribution in [0.4, 0.5) is 13.2 Å². The van der Waals surface area contributed by atoms with Crippen molar-refractivity contribution in [3.63, 3.8) is 0 Å². The molecule has 0 fully saturated rings. The predicted molar refractivity (Wildman–Crippen MR) is 90.4 cm³/mol. The highest BCUT2D eigenvalue weighted by Crippen LogP contribution is 2.34. The molecule has 0 aliphatic rings. The molecule has 0 saturated heterocycles. The van der Waals surface area contributed by atoms with Gasteiger partial charge in [0.2, 0.25) is 0 Å². The Hall–Kier alpha value is -1.74. The lowest BCUT2D eigenvalue weighted by Crippen LogP contribution is -2.06. The molecule has 0 bridgehead atoms. The van der Waals surface area contributed by atoms with Gasteiger partial charge in [-0.25, -0.2) is 9.97 Å². The molecular weight excluding hydrogens is 357 g/mol. The van der Waals surface area contributed by atoms with Crippen molar-refractivity contribution < 1.29 is 13.2 Å². The Balaban J connectivity index is 2.11. The van der Waals surface area contributed by atoms with E-state index >= 15 is 0 Å². The number of imidazole rings is 1. The number of rotatable bonds is 3. The smallest absolute Gasteiger partial charge is 0.325 e. The minimum atomic E-state index is -4.45. The van der Waals surface area contributed by atoms with Crippen LogP contribution in [-0.2, 0) is 13.2 Å². The minimum absolute atomic E-state index is 0.124. The molecule has 3 aromatic heterocycles. The van der Waals surface area contributed by atoms with E-state index in [2.05, 4.69) is 27.6 Å². The highest BCUT2D eigenvalue weighted by molar-refractivity contribution is 7.99. The molecule has 0 saturated carbocycles. The van der Waals surface area contributed by atoms with Crippen LogP contribution in [0.2, 0.25) is 0 Å². The predicted octanol–water partition coefficient (Wildman–Crippen LogP) is 4.45. The average molecular weight is 370 g/mol. The Bertz CT molecular complexity index is 906. The van der Waals surface area contributed by atoms with Crippen LogP contribution >= 0.6 is 24.4 Å². The molecule has 0 radical (unpaired) electrons. The zero-order valence-corrected chi connectivity index (χ0v) is 14.5. The minimum Gasteiger partial charge on any atom is -0.325 e. The molecule has 0 atom stereocenters. The van der Waals surface area contributed by atoms with Crippen LogP contribution in [0.3, 0.4) is 0 Å². The summed E-state index contributed by atoms with van der Waals surface area (Å²) in [5.74, 6) is 1.34. The maximum Gasteiger partial charge on any atom is 0.417 e. The molecule has 3 aromatic rings. The Morgan fingerprint density at radius 1 is 1.21 bits per heavy atom. The fraction of sp³-hybridized carbons (Fsp3) is 0.267. The van der Waals surface area contributed by atoms with Gasteiger partial charge in [0, 0.05) is 18.1 Å². The number of alkyl halides is 3. The largest absolute Gasteiger partial charge is 0.417 e. The lowest BCUT2D eigenvalue weighted by atomic mass is 10.2. The van der Waals surface area contributed by atoms with Crippen LogP contribution in [-0.4, -0.2) is 25.3 Å². The van der Waals surface area contributed by atoms with E-state index in [1.165, 1.54) is 0 Å². The Kier molecular flexibility index (Phi) is 4.48. The van der Waals surface area contributed by atoms with Gasteiger partial charge in [-0.15, -0.1) is 24.4 Å². The summed E-state index contributed by atoms with van der Waals surface area (Å²) < 4.78 is 40.0. The zero-order chi connectivity index (χ0) is 17.5. The maximum absolute atomic E-state index is 12.8. The fourth-order valence-corrected chi connectivity index (χ4v) is 3.20. The van der Waals surface area contributed by atoms with Gasteiger partial charge in [-0.3, -0.25) is 4.98 Å². The van der Waals surface area contributed by atoms with Crippen molar-refractivity contribution in [3.8, 4) is 11.5 Å². The van der Waals surface area contributed by atoms with Crippen LogP contribution < -0.4 is 0 Å². The van der Waals surface area contributed by atoms with Gasteiger partial charge in [0.15, 0.2) is 5.82 Å². The quantitative estimate of drug-likeness (QED) is 0.546. The lowest BCUT2D eigenvalue weighted by molar-refractivity contribution is -0.138. The van der Waals surface area contributed by atoms with Crippen LogP contribution in [0.1, 0.15) is 12.5 Å². The molecule has 3 rings (SSSR count). The van der Waals surface area contributed by atoms with E-state index in [1.54, 1.807) is 29.6 Å². The van der Waals surface area contributed by atoms with Gasteiger partial charge >= 0.3 is 6.18 Å². The number of thiol groups is 1. The van der Waals surface area contributed by atoms with Crippen molar-refractivity contribution in [2.24, 2.45) is 7.05 Å². The number of thioether (sulfide) groups is 1. The number of aryl methyl sites for hydroxylation is 1. The lowest BCUT2D eigenvalue weighted by Gasteiger charge is -2.09. The molecule has 24 heavy (non-hydrogen) atoms. The molecule has 3 heterocycles. The Morgan fingerprint density at radius 3 is 2.58 bits per heavy atom. The summed E-state index contributed by atoms with van der Waals surface area (Å²) in [6.45, 7) is 2.03. The first-order valence-corrected chi connectivity index (χ1v) is 8.46. The summed E-state index contributed by atoms with van der Waals surface area (Å²) in [7, 11) is 1.77. The van der Waals surface area contributed by atoms with Crippen LogP contribution in [0.15, 0.2) is 34.4 Å². The molecular formula is C15H13F3N4S2. The SMILES string of the molecule is CCSc1cc2nc(-c3ncc(C(F)(F)F)cc3S)n(C)c2cn1. The number of hydrogen-bond acceptors (Lipinski definition) is 5. The third kappa shape index (κ3) is 3.10. The molecule has 0 amide bonds. The normalized spacial score (nSPS) is 12.1. The topological polar surface area (TPSA) is 43.6 Å². The van der Waals surface area contributed by atoms with Crippen molar-refractivity contribution in [2.45, 2.75) is 23.0 Å². The molecule has 0 aliphatic carbocycles. The monoisotopic (exact) mass is 370 g/mol. The summed E-state index contributed by atoms with van der Waals surface area (Å²) in [6.07, 6.45) is -1.96. The van der Waals surface area contributed by atoms with Gasteiger partial charge in [-0.1, -0.05) is 6.92 Å². The number of fused-ring (bicyclic) bond motifs is 1. The molecule has 0 spiro atoms. The van der Waals surface area contributed by atoms with Crippen LogP contribution in [0, 0.1) is 0 Å². The first kappa shape index (κ1) is 17.1. The van der Waals surface area contributed by atoms with Gasteiger partial charge in [0.25, 0.3) is 0 Å². The molecule has 0 aromatic carbocycles. The van der Waals surface area contributed by atoms with E-state index in [0.29, 0.717) is 17.0 Å². The van der Waals surface area contributed by atoms with Gasteiger partial charge in [0.05, 0.1) is 27.8 Å². The van der Waals surface area contributed by atoms with E-state index in [0.717, 1.165) is 28.6 Å². The number of halogens is 3. The van der Waals surface area contributed by atoms with Gasteiger partial charge < -0.3 is 4.57 Å². The summed E-state index contributed by atoms with van der Waals surface area (Å²) in [6, 6.07) is 2.82. The summed E-state index contributed by atoms with van der Waals surface area (Å²) in [5.41, 5.74) is 0.959. The van der Waals surface area contributed by atoms with Crippen LogP contribution in [0.25, 0.3) is 22.6 Å². The molecule has 0 aliphatic heterocycles. The highest BCUT2D eigenvalue weighted by Gasteiger charge is 2.31. The second kappa shape index (κ2) is 6.29. The number of nitrogens with zero attached hydrogens (tertiary/aromatic N) is 4. The average Bonchev–Trinajstić information content (AvgIpc) is 2.83. The van der Waals surface area contributed by atoms with Crippen molar-refractivity contribution >= 4 is 35.4 Å². The summed E-state index contributed by atoms with van der Waals surface area (Å²) in [4.78, 5) is 12.9. The van der Waals surface area contributed by atoms with Crippen LogP contribution in [0.5, 0.6) is 0 Å². The second-order valence-corrected chi connectivity index (χ2v) is 6.79. The Labute approximate surface area is 145 Å². The Morgan fingerprint density at radius 2 is 1.96 bits per heavy atom. The molecule has 9 heteroatoms. The first-order chi connectivity index (χ1) is 11.3. The summed E-state index contributed by atoms with van der Waals surface area (Å²) in [5, 5.41) is 0.848. The zero-order valence-electron chi connectivity index (χ0n) is 12.8. The number of hydrogen-bond donors (Lipinski definition) is 1. The highest BCUT2D eigenvalue weighted by atomic mass is 32.2. The van der Waals surface area contributed by atoms with Gasteiger partial charge in [-0.05, 0) is 17.9 Å². The summed E-state index contributed by atoms with van der Waals surface area (Å²) >= 11 is 5.75. The van der Waals surface area contributed by atoms with Crippen molar-refractivity contribution in [2.75, 3.05) is 5.75 Å².